The summed E-state index contributed by atoms with van der Waals surface area (Å²) in [4.78, 5) is 34.8. The average Bonchev–Trinajstić information content (AvgIpc) is 2.60. The van der Waals surface area contributed by atoms with Gasteiger partial charge in [0.2, 0.25) is 0 Å². The van der Waals surface area contributed by atoms with Gasteiger partial charge in [-0.2, -0.15) is 0 Å². The molecule has 0 saturated heterocycles. The summed E-state index contributed by atoms with van der Waals surface area (Å²) in [6, 6.07) is 13.5. The summed E-state index contributed by atoms with van der Waals surface area (Å²) in [5.74, 6) is -1.22. The fourth-order valence-electron chi connectivity index (χ4n) is 2.32. The fourth-order valence-corrected chi connectivity index (χ4v) is 2.32. The molecule has 0 fully saturated rings. The molecule has 0 aliphatic carbocycles. The van der Waals surface area contributed by atoms with Gasteiger partial charge in [0.25, 0.3) is 5.91 Å². The Bertz CT molecular complexity index is 1080. The minimum Gasteiger partial charge on any atom is -0.423 e. The van der Waals surface area contributed by atoms with Crippen molar-refractivity contribution in [3.05, 3.63) is 81.7 Å². The smallest absolute Gasteiger partial charge is 0.349 e. The highest BCUT2D eigenvalue weighted by Gasteiger charge is 2.11. The first kappa shape index (κ1) is 17.2. The summed E-state index contributed by atoms with van der Waals surface area (Å²) >= 11 is 0. The largest absolute Gasteiger partial charge is 0.423 e. The molecular formula is C20H15NO5. The third-order valence-electron chi connectivity index (χ3n) is 3.68. The zero-order chi connectivity index (χ0) is 18.7. The van der Waals surface area contributed by atoms with Gasteiger partial charge >= 0.3 is 11.6 Å². The van der Waals surface area contributed by atoms with Crippen molar-refractivity contribution in [2.24, 2.45) is 5.73 Å². The van der Waals surface area contributed by atoms with Gasteiger partial charge in [-0.3, -0.25) is 4.79 Å². The zero-order valence-electron chi connectivity index (χ0n) is 13.9. The van der Waals surface area contributed by atoms with Crippen LogP contribution in [0, 0.1) is 6.92 Å². The van der Waals surface area contributed by atoms with Crippen LogP contribution in [0.4, 0.5) is 0 Å². The fraction of sp³-hybridized carbons (Fsp3) is 0.0500. The molecule has 1 aromatic heterocycles. The number of amides is 1. The number of rotatable bonds is 4. The van der Waals surface area contributed by atoms with Crippen LogP contribution in [0.5, 0.6) is 5.75 Å². The highest BCUT2D eigenvalue weighted by Crippen LogP contribution is 2.21. The summed E-state index contributed by atoms with van der Waals surface area (Å²) in [5.41, 5.74) is 6.23. The van der Waals surface area contributed by atoms with Gasteiger partial charge < -0.3 is 14.9 Å². The molecule has 3 aromatic rings. The third kappa shape index (κ3) is 3.87. The second-order valence-corrected chi connectivity index (χ2v) is 5.68. The van der Waals surface area contributed by atoms with E-state index in [1.54, 1.807) is 12.1 Å². The predicted octanol–water partition coefficient (Wildman–Crippen LogP) is 2.82. The van der Waals surface area contributed by atoms with E-state index >= 15 is 0 Å². The van der Waals surface area contributed by atoms with Gasteiger partial charge in [0.05, 0.1) is 0 Å². The Kier molecular flexibility index (Phi) is 4.66. The SMILES string of the molecule is Cc1ccc(/C=C/C(=O)Oc2ccc3cc(C(N)=O)c(=O)oc3c2)cc1. The minimum atomic E-state index is -0.864. The van der Waals surface area contributed by atoms with Crippen LogP contribution in [0.3, 0.4) is 0 Å². The van der Waals surface area contributed by atoms with Crippen molar-refractivity contribution in [2.75, 3.05) is 0 Å². The molecule has 0 radical (unpaired) electrons. The van der Waals surface area contributed by atoms with E-state index in [0.717, 1.165) is 11.1 Å². The predicted molar refractivity (Wildman–Crippen MR) is 96.8 cm³/mol. The molecule has 2 aromatic carbocycles. The summed E-state index contributed by atoms with van der Waals surface area (Å²) in [6.07, 6.45) is 2.95. The lowest BCUT2D eigenvalue weighted by Crippen LogP contribution is -2.20. The number of hydrogen-bond acceptors (Lipinski definition) is 5. The van der Waals surface area contributed by atoms with Crippen LogP contribution in [0.1, 0.15) is 21.5 Å². The highest BCUT2D eigenvalue weighted by atomic mass is 16.5. The molecule has 0 aliphatic rings. The summed E-state index contributed by atoms with van der Waals surface area (Å²) in [7, 11) is 0. The summed E-state index contributed by atoms with van der Waals surface area (Å²) < 4.78 is 10.3. The molecular weight excluding hydrogens is 334 g/mol. The van der Waals surface area contributed by atoms with E-state index in [9.17, 15) is 14.4 Å². The highest BCUT2D eigenvalue weighted by molar-refractivity contribution is 5.95. The van der Waals surface area contributed by atoms with Gasteiger partial charge in [0.15, 0.2) is 0 Å². The number of carbonyl (C=O) groups excluding carboxylic acids is 2. The first-order valence-corrected chi connectivity index (χ1v) is 7.76. The monoisotopic (exact) mass is 349 g/mol. The van der Waals surface area contributed by atoms with E-state index in [4.69, 9.17) is 14.9 Å². The lowest BCUT2D eigenvalue weighted by Gasteiger charge is -2.03. The first-order chi connectivity index (χ1) is 12.4. The van der Waals surface area contributed by atoms with Crippen molar-refractivity contribution in [1.82, 2.24) is 0 Å². The van der Waals surface area contributed by atoms with E-state index in [0.29, 0.717) is 5.39 Å². The third-order valence-corrected chi connectivity index (χ3v) is 3.68. The molecule has 6 nitrogen and oxygen atoms in total. The van der Waals surface area contributed by atoms with Gasteiger partial charge in [0.1, 0.15) is 16.9 Å². The lowest BCUT2D eigenvalue weighted by molar-refractivity contribution is -0.128. The van der Waals surface area contributed by atoms with Gasteiger partial charge in [0, 0.05) is 17.5 Å². The number of ether oxygens (including phenoxy) is 1. The Morgan fingerprint density at radius 3 is 2.50 bits per heavy atom. The van der Waals surface area contributed by atoms with Crippen molar-refractivity contribution in [3.8, 4) is 5.75 Å². The molecule has 0 saturated carbocycles. The van der Waals surface area contributed by atoms with Crippen molar-refractivity contribution in [3.63, 3.8) is 0 Å². The Labute approximate surface area is 148 Å². The second kappa shape index (κ2) is 7.06. The van der Waals surface area contributed by atoms with E-state index < -0.39 is 17.5 Å². The van der Waals surface area contributed by atoms with Crippen molar-refractivity contribution in [1.29, 1.82) is 0 Å². The van der Waals surface area contributed by atoms with E-state index in [1.165, 1.54) is 24.3 Å². The molecule has 0 aliphatic heterocycles. The number of hydrogen-bond donors (Lipinski definition) is 1. The van der Waals surface area contributed by atoms with E-state index in [-0.39, 0.29) is 16.9 Å². The van der Waals surface area contributed by atoms with Crippen molar-refractivity contribution in [2.45, 2.75) is 6.92 Å². The Morgan fingerprint density at radius 2 is 1.81 bits per heavy atom. The summed E-state index contributed by atoms with van der Waals surface area (Å²) in [6.45, 7) is 1.98. The van der Waals surface area contributed by atoms with Gasteiger partial charge in [-0.25, -0.2) is 9.59 Å². The van der Waals surface area contributed by atoms with Crippen LogP contribution in [0.25, 0.3) is 17.0 Å². The maximum absolute atomic E-state index is 11.9. The van der Waals surface area contributed by atoms with Crippen LogP contribution in [0.15, 0.2) is 63.8 Å². The number of aryl methyl sites for hydroxylation is 1. The standard InChI is InChI=1S/C20H15NO5/c1-12-2-4-13(5-3-12)6-9-18(22)25-15-8-7-14-10-16(19(21)23)20(24)26-17(14)11-15/h2-11H,1H3,(H2,21,23)/b9-6+. The first-order valence-electron chi connectivity index (χ1n) is 7.76. The molecule has 130 valence electrons. The molecule has 3 rings (SSSR count). The Hall–Kier alpha value is -3.67. The lowest BCUT2D eigenvalue weighted by atomic mass is 10.1. The minimum absolute atomic E-state index is 0.188. The molecule has 0 bridgehead atoms. The Balaban J connectivity index is 1.79. The van der Waals surface area contributed by atoms with Crippen LogP contribution in [-0.4, -0.2) is 11.9 Å². The number of nitrogens with two attached hydrogens (primary N) is 1. The molecule has 1 heterocycles. The van der Waals surface area contributed by atoms with Gasteiger partial charge in [-0.1, -0.05) is 29.8 Å². The zero-order valence-corrected chi connectivity index (χ0v) is 13.9. The summed E-state index contributed by atoms with van der Waals surface area (Å²) in [5, 5.41) is 0.494. The molecule has 2 N–H and O–H groups in total. The number of benzene rings is 2. The Morgan fingerprint density at radius 1 is 1.08 bits per heavy atom. The van der Waals surface area contributed by atoms with Crippen LogP contribution in [0.2, 0.25) is 0 Å². The molecule has 26 heavy (non-hydrogen) atoms. The molecule has 0 unspecified atom stereocenters. The quantitative estimate of drug-likeness (QED) is 0.338. The van der Waals surface area contributed by atoms with E-state index in [2.05, 4.69) is 0 Å². The van der Waals surface area contributed by atoms with Gasteiger partial charge in [-0.15, -0.1) is 0 Å². The van der Waals surface area contributed by atoms with E-state index in [1.807, 2.05) is 31.2 Å². The maximum atomic E-state index is 11.9. The van der Waals surface area contributed by atoms with Crippen LogP contribution in [-0.2, 0) is 4.79 Å². The normalized spacial score (nSPS) is 11.0. The topological polar surface area (TPSA) is 99.6 Å². The van der Waals surface area contributed by atoms with Crippen LogP contribution < -0.4 is 16.1 Å². The molecule has 0 atom stereocenters. The second-order valence-electron chi connectivity index (χ2n) is 5.68. The van der Waals surface area contributed by atoms with Crippen LogP contribution >= 0.6 is 0 Å². The molecule has 0 spiro atoms. The van der Waals surface area contributed by atoms with Gasteiger partial charge in [-0.05, 0) is 36.8 Å². The molecule has 1 amide bonds. The number of esters is 1. The molecule has 6 heteroatoms. The maximum Gasteiger partial charge on any atom is 0.349 e. The average molecular weight is 349 g/mol. The number of carbonyl (C=O) groups is 2. The number of fused-ring (bicyclic) bond motifs is 1. The van der Waals surface area contributed by atoms with Crippen molar-refractivity contribution < 1.29 is 18.7 Å². The number of primary amides is 1. The van der Waals surface area contributed by atoms with Crippen molar-refractivity contribution >= 4 is 28.9 Å².